The largest absolute Gasteiger partial charge is 0.497 e. The van der Waals surface area contributed by atoms with E-state index in [0.29, 0.717) is 28.5 Å². The number of carbonyl (C=O) groups is 2. The van der Waals surface area contributed by atoms with Crippen LogP contribution >= 0.6 is 0 Å². The van der Waals surface area contributed by atoms with Gasteiger partial charge in [0.05, 0.1) is 14.2 Å². The summed E-state index contributed by atoms with van der Waals surface area (Å²) in [5.74, 6) is 1.33. The molecule has 2 heterocycles. The zero-order chi connectivity index (χ0) is 25.3. The molecular formula is C27H24N4O5. The van der Waals surface area contributed by atoms with Crippen LogP contribution in [-0.4, -0.2) is 41.2 Å². The van der Waals surface area contributed by atoms with Crippen molar-refractivity contribution < 1.29 is 23.6 Å². The van der Waals surface area contributed by atoms with Crippen molar-refractivity contribution in [3.63, 3.8) is 0 Å². The van der Waals surface area contributed by atoms with Crippen molar-refractivity contribution in [3.8, 4) is 22.9 Å². The second-order valence-corrected chi connectivity index (χ2v) is 8.41. The normalized spacial score (nSPS) is 14.6. The van der Waals surface area contributed by atoms with E-state index in [9.17, 15) is 9.59 Å². The quantitative estimate of drug-likeness (QED) is 0.394. The van der Waals surface area contributed by atoms with Crippen molar-refractivity contribution in [1.29, 1.82) is 0 Å². The zero-order valence-corrected chi connectivity index (χ0v) is 20.0. The molecule has 1 aliphatic rings. The third kappa shape index (κ3) is 3.94. The summed E-state index contributed by atoms with van der Waals surface area (Å²) in [5.41, 5.74) is 1.60. The number of amides is 3. The standard InChI is InChI=1S/C27H24N4O5/c1-17-4-6-18(7-5-17)24-28-23(36-30-24)16-31-25(32)27(29-26(31)33,19-8-12-21(34-2)13-9-19)20-10-14-22(35-3)15-11-20/h4-15H,16H2,1-3H3,(H,29,33). The van der Waals surface area contributed by atoms with Crippen molar-refractivity contribution in [2.45, 2.75) is 19.0 Å². The van der Waals surface area contributed by atoms with Gasteiger partial charge < -0.3 is 19.3 Å². The van der Waals surface area contributed by atoms with Gasteiger partial charge in [0, 0.05) is 5.56 Å². The molecule has 1 aliphatic heterocycles. The minimum atomic E-state index is -1.45. The Balaban J connectivity index is 1.50. The number of methoxy groups -OCH3 is 2. The first-order valence-corrected chi connectivity index (χ1v) is 11.3. The summed E-state index contributed by atoms with van der Waals surface area (Å²) in [7, 11) is 3.13. The highest BCUT2D eigenvalue weighted by Crippen LogP contribution is 2.38. The minimum Gasteiger partial charge on any atom is -0.497 e. The highest BCUT2D eigenvalue weighted by Gasteiger charge is 2.54. The number of aryl methyl sites for hydroxylation is 1. The first-order chi connectivity index (χ1) is 17.4. The van der Waals surface area contributed by atoms with Crippen LogP contribution in [0.5, 0.6) is 11.5 Å². The molecule has 1 N–H and O–H groups in total. The molecular weight excluding hydrogens is 460 g/mol. The van der Waals surface area contributed by atoms with Gasteiger partial charge >= 0.3 is 6.03 Å². The number of hydrogen-bond donors (Lipinski definition) is 1. The molecule has 5 rings (SSSR count). The molecule has 4 aromatic rings. The lowest BCUT2D eigenvalue weighted by Crippen LogP contribution is -2.45. The van der Waals surface area contributed by atoms with Crippen LogP contribution in [0.4, 0.5) is 4.79 Å². The first-order valence-electron chi connectivity index (χ1n) is 11.3. The molecule has 0 spiro atoms. The fourth-order valence-corrected chi connectivity index (χ4v) is 4.23. The Labute approximate surface area is 207 Å². The monoisotopic (exact) mass is 484 g/mol. The number of ether oxygens (including phenoxy) is 2. The van der Waals surface area contributed by atoms with Gasteiger partial charge in [-0.2, -0.15) is 4.98 Å². The van der Waals surface area contributed by atoms with Gasteiger partial charge in [-0.3, -0.25) is 9.69 Å². The Bertz CT molecular complexity index is 1350. The highest BCUT2D eigenvalue weighted by atomic mass is 16.5. The third-order valence-electron chi connectivity index (χ3n) is 6.22. The van der Waals surface area contributed by atoms with Gasteiger partial charge in [-0.1, -0.05) is 59.3 Å². The van der Waals surface area contributed by atoms with Crippen molar-refractivity contribution in [2.24, 2.45) is 0 Å². The minimum absolute atomic E-state index is 0.148. The molecule has 0 radical (unpaired) electrons. The molecule has 0 aliphatic carbocycles. The van der Waals surface area contributed by atoms with Crippen LogP contribution in [0.25, 0.3) is 11.4 Å². The average Bonchev–Trinajstić information content (AvgIpc) is 3.48. The van der Waals surface area contributed by atoms with Crippen LogP contribution < -0.4 is 14.8 Å². The predicted octanol–water partition coefficient (Wildman–Crippen LogP) is 4.06. The number of aromatic nitrogens is 2. The molecule has 0 bridgehead atoms. The molecule has 1 saturated heterocycles. The van der Waals surface area contributed by atoms with Crippen molar-refractivity contribution >= 4 is 11.9 Å². The van der Waals surface area contributed by atoms with E-state index in [1.165, 1.54) is 0 Å². The van der Waals surface area contributed by atoms with Gasteiger partial charge in [-0.05, 0) is 42.3 Å². The lowest BCUT2D eigenvalue weighted by Gasteiger charge is -2.28. The molecule has 3 aromatic carbocycles. The molecule has 0 unspecified atom stereocenters. The molecule has 1 aromatic heterocycles. The molecule has 3 amide bonds. The van der Waals surface area contributed by atoms with Crippen molar-refractivity contribution in [1.82, 2.24) is 20.4 Å². The Kier molecular flexibility index (Phi) is 5.89. The van der Waals surface area contributed by atoms with E-state index in [1.807, 2.05) is 31.2 Å². The van der Waals surface area contributed by atoms with Gasteiger partial charge in [0.15, 0.2) is 5.54 Å². The molecule has 0 saturated carbocycles. The van der Waals surface area contributed by atoms with E-state index in [0.717, 1.165) is 16.0 Å². The number of urea groups is 1. The van der Waals surface area contributed by atoms with E-state index >= 15 is 0 Å². The number of benzene rings is 3. The molecule has 9 nitrogen and oxygen atoms in total. The number of nitrogens with one attached hydrogen (secondary N) is 1. The summed E-state index contributed by atoms with van der Waals surface area (Å²) in [6.45, 7) is 1.82. The topological polar surface area (TPSA) is 107 Å². The van der Waals surface area contributed by atoms with Crippen LogP contribution in [0.15, 0.2) is 77.3 Å². The van der Waals surface area contributed by atoms with E-state index in [-0.39, 0.29) is 12.4 Å². The Morgan fingerprint density at radius 2 is 1.42 bits per heavy atom. The fourth-order valence-electron chi connectivity index (χ4n) is 4.23. The Hall–Kier alpha value is -4.66. The van der Waals surface area contributed by atoms with Gasteiger partial charge in [0.1, 0.15) is 18.0 Å². The summed E-state index contributed by atoms with van der Waals surface area (Å²) in [5, 5.41) is 6.92. The van der Waals surface area contributed by atoms with Crippen LogP contribution in [0.2, 0.25) is 0 Å². The Morgan fingerprint density at radius 1 is 0.861 bits per heavy atom. The number of nitrogens with zero attached hydrogens (tertiary/aromatic N) is 3. The average molecular weight is 485 g/mol. The maximum absolute atomic E-state index is 14.0. The summed E-state index contributed by atoms with van der Waals surface area (Å²) in [4.78, 5) is 32.6. The SMILES string of the molecule is COc1ccc(C2(c3ccc(OC)cc3)NC(=O)N(Cc3nc(-c4ccc(C)cc4)no3)C2=O)cc1. The molecule has 9 heteroatoms. The van der Waals surface area contributed by atoms with Gasteiger partial charge in [0.25, 0.3) is 5.91 Å². The lowest BCUT2D eigenvalue weighted by molar-refractivity contribution is -0.130. The summed E-state index contributed by atoms with van der Waals surface area (Å²) >= 11 is 0. The first kappa shape index (κ1) is 23.1. The number of imide groups is 1. The highest BCUT2D eigenvalue weighted by molar-refractivity contribution is 6.09. The maximum atomic E-state index is 14.0. The number of rotatable bonds is 7. The summed E-state index contributed by atoms with van der Waals surface area (Å²) in [6, 6.07) is 21.1. The van der Waals surface area contributed by atoms with Crippen LogP contribution in [-0.2, 0) is 16.9 Å². The summed E-state index contributed by atoms with van der Waals surface area (Å²) < 4.78 is 15.9. The molecule has 1 fully saturated rings. The van der Waals surface area contributed by atoms with Crippen molar-refractivity contribution in [2.75, 3.05) is 14.2 Å². The number of carbonyl (C=O) groups excluding carboxylic acids is 2. The van der Waals surface area contributed by atoms with Crippen LogP contribution in [0.3, 0.4) is 0 Å². The van der Waals surface area contributed by atoms with E-state index in [1.54, 1.807) is 62.8 Å². The van der Waals surface area contributed by atoms with Crippen molar-refractivity contribution in [3.05, 3.63) is 95.4 Å². The van der Waals surface area contributed by atoms with E-state index in [4.69, 9.17) is 14.0 Å². The van der Waals surface area contributed by atoms with E-state index in [2.05, 4.69) is 15.5 Å². The molecule has 182 valence electrons. The number of hydrogen-bond acceptors (Lipinski definition) is 7. The van der Waals surface area contributed by atoms with E-state index < -0.39 is 17.5 Å². The molecule has 36 heavy (non-hydrogen) atoms. The third-order valence-corrected chi connectivity index (χ3v) is 6.22. The van der Waals surface area contributed by atoms with Gasteiger partial charge in [-0.15, -0.1) is 0 Å². The lowest BCUT2D eigenvalue weighted by atomic mass is 9.82. The maximum Gasteiger partial charge on any atom is 0.326 e. The smallest absolute Gasteiger partial charge is 0.326 e. The second kappa shape index (κ2) is 9.18. The van der Waals surface area contributed by atoms with Gasteiger partial charge in [0.2, 0.25) is 11.7 Å². The second-order valence-electron chi connectivity index (χ2n) is 8.41. The summed E-state index contributed by atoms with van der Waals surface area (Å²) in [6.07, 6.45) is 0. The van der Waals surface area contributed by atoms with Crippen LogP contribution in [0, 0.1) is 6.92 Å². The zero-order valence-electron chi connectivity index (χ0n) is 20.0. The fraction of sp³-hybridized carbons (Fsp3) is 0.185. The van der Waals surface area contributed by atoms with Gasteiger partial charge in [-0.25, -0.2) is 4.79 Å². The predicted molar refractivity (Wildman–Crippen MR) is 130 cm³/mol. The molecule has 0 atom stereocenters. The Morgan fingerprint density at radius 3 is 1.94 bits per heavy atom. The van der Waals surface area contributed by atoms with Crippen LogP contribution in [0.1, 0.15) is 22.6 Å².